The average Bonchev–Trinajstić information content (AvgIpc) is 3.47. The number of hydrogen-bond donors (Lipinski definition) is 1. The summed E-state index contributed by atoms with van der Waals surface area (Å²) in [6, 6.07) is 16.1. The number of rotatable bonds is 5. The average molecular weight is 391 g/mol. The van der Waals surface area contributed by atoms with E-state index in [1.54, 1.807) is 11.3 Å². The Morgan fingerprint density at radius 2 is 1.96 bits per heavy atom. The van der Waals surface area contributed by atoms with Gasteiger partial charge in [-0.15, -0.1) is 11.3 Å². The van der Waals surface area contributed by atoms with Crippen LogP contribution in [0.15, 0.2) is 53.9 Å². The van der Waals surface area contributed by atoms with E-state index in [2.05, 4.69) is 10.3 Å². The lowest BCUT2D eigenvalue weighted by atomic mass is 10.0. The highest BCUT2D eigenvalue weighted by atomic mass is 32.1. The van der Waals surface area contributed by atoms with Gasteiger partial charge >= 0.3 is 0 Å². The fourth-order valence-electron chi connectivity index (χ4n) is 3.62. The Kier molecular flexibility index (Phi) is 4.28. The van der Waals surface area contributed by atoms with Gasteiger partial charge in [-0.05, 0) is 49.6 Å². The number of fused-ring (bicyclic) bond motifs is 1. The largest absolute Gasteiger partial charge is 0.487 e. The van der Waals surface area contributed by atoms with E-state index in [4.69, 9.17) is 4.74 Å². The summed E-state index contributed by atoms with van der Waals surface area (Å²) in [5, 5.41) is 6.61. The Labute approximate surface area is 168 Å². The summed E-state index contributed by atoms with van der Waals surface area (Å²) in [6.45, 7) is 2.45. The summed E-state index contributed by atoms with van der Waals surface area (Å²) < 4.78 is 5.85. The molecule has 1 aromatic heterocycles. The van der Waals surface area contributed by atoms with Crippen LogP contribution in [0.5, 0.6) is 5.75 Å². The molecule has 1 fully saturated rings. The third-order valence-electron chi connectivity index (χ3n) is 5.15. The molecule has 2 aliphatic rings. The predicted molar refractivity (Wildman–Crippen MR) is 110 cm³/mol. The number of carbonyl (C=O) groups excluding carboxylic acids is 1. The number of aryl methyl sites for hydroxylation is 1. The summed E-state index contributed by atoms with van der Waals surface area (Å²) in [7, 11) is 0. The van der Waals surface area contributed by atoms with Crippen LogP contribution in [0.25, 0.3) is 0 Å². The maximum atomic E-state index is 13.1. The Balaban J connectivity index is 1.36. The molecule has 5 rings (SSSR count). The monoisotopic (exact) mass is 391 g/mol. The van der Waals surface area contributed by atoms with Gasteiger partial charge in [-0.25, -0.2) is 4.98 Å². The number of thiazole rings is 1. The number of ether oxygens (including phenoxy) is 1. The van der Waals surface area contributed by atoms with Gasteiger partial charge in [-0.2, -0.15) is 0 Å². The SMILES string of the molecule is Cc1nc(COc2ccc([C@H]3Nc4ccccc4C(=O)N3C3CC3)cc2)cs1. The van der Waals surface area contributed by atoms with Crippen LogP contribution < -0.4 is 10.1 Å². The normalized spacial score (nSPS) is 18.5. The second-order valence-corrected chi connectivity index (χ2v) is 8.31. The van der Waals surface area contributed by atoms with Gasteiger partial charge in [0.25, 0.3) is 5.91 Å². The number of para-hydroxylation sites is 1. The van der Waals surface area contributed by atoms with Crippen LogP contribution >= 0.6 is 11.3 Å². The molecule has 142 valence electrons. The molecule has 0 saturated heterocycles. The second kappa shape index (κ2) is 6.95. The summed E-state index contributed by atoms with van der Waals surface area (Å²) >= 11 is 1.63. The molecule has 1 amide bonds. The van der Waals surface area contributed by atoms with Crippen molar-refractivity contribution in [3.05, 3.63) is 75.7 Å². The van der Waals surface area contributed by atoms with E-state index in [1.807, 2.05) is 65.7 Å². The fourth-order valence-corrected chi connectivity index (χ4v) is 4.22. The molecule has 6 heteroatoms. The lowest BCUT2D eigenvalue weighted by molar-refractivity contribution is 0.0666. The van der Waals surface area contributed by atoms with Crippen molar-refractivity contribution >= 4 is 22.9 Å². The first-order chi connectivity index (χ1) is 13.7. The predicted octanol–water partition coefficient (Wildman–Crippen LogP) is 4.76. The first-order valence-corrected chi connectivity index (χ1v) is 10.4. The lowest BCUT2D eigenvalue weighted by Crippen LogP contribution is -2.44. The highest BCUT2D eigenvalue weighted by Crippen LogP contribution is 2.40. The molecule has 1 aliphatic heterocycles. The summed E-state index contributed by atoms with van der Waals surface area (Å²) in [5.74, 6) is 0.913. The molecule has 2 heterocycles. The smallest absolute Gasteiger partial charge is 0.258 e. The van der Waals surface area contributed by atoms with Crippen LogP contribution in [-0.2, 0) is 6.61 Å². The van der Waals surface area contributed by atoms with E-state index in [0.717, 1.165) is 46.1 Å². The van der Waals surface area contributed by atoms with Gasteiger partial charge in [0.2, 0.25) is 0 Å². The van der Waals surface area contributed by atoms with Gasteiger partial charge in [0.1, 0.15) is 18.5 Å². The minimum Gasteiger partial charge on any atom is -0.487 e. The van der Waals surface area contributed by atoms with E-state index in [0.29, 0.717) is 12.6 Å². The van der Waals surface area contributed by atoms with Crippen molar-refractivity contribution in [2.45, 2.75) is 38.6 Å². The lowest BCUT2D eigenvalue weighted by Gasteiger charge is -2.38. The van der Waals surface area contributed by atoms with Gasteiger partial charge < -0.3 is 15.0 Å². The van der Waals surface area contributed by atoms with Crippen LogP contribution in [0, 0.1) is 6.92 Å². The molecule has 0 spiro atoms. The van der Waals surface area contributed by atoms with Crippen LogP contribution in [0.4, 0.5) is 5.69 Å². The van der Waals surface area contributed by atoms with Gasteiger partial charge in [-0.3, -0.25) is 4.79 Å². The molecule has 1 N–H and O–H groups in total. The summed E-state index contributed by atoms with van der Waals surface area (Å²) in [5.41, 5.74) is 3.66. The van der Waals surface area contributed by atoms with Gasteiger partial charge in [0.15, 0.2) is 0 Å². The molecule has 5 nitrogen and oxygen atoms in total. The van der Waals surface area contributed by atoms with E-state index in [1.165, 1.54) is 0 Å². The van der Waals surface area contributed by atoms with Gasteiger partial charge in [0.05, 0.1) is 16.3 Å². The van der Waals surface area contributed by atoms with Crippen molar-refractivity contribution in [1.82, 2.24) is 9.88 Å². The highest BCUT2D eigenvalue weighted by molar-refractivity contribution is 7.09. The van der Waals surface area contributed by atoms with Crippen LogP contribution in [0.2, 0.25) is 0 Å². The molecule has 0 unspecified atom stereocenters. The van der Waals surface area contributed by atoms with Gasteiger partial charge in [0, 0.05) is 17.1 Å². The van der Waals surface area contributed by atoms with E-state index in [9.17, 15) is 4.79 Å². The Morgan fingerprint density at radius 3 is 2.68 bits per heavy atom. The zero-order valence-electron chi connectivity index (χ0n) is 15.6. The minimum absolute atomic E-state index is 0.112. The van der Waals surface area contributed by atoms with Crippen molar-refractivity contribution in [1.29, 1.82) is 0 Å². The fraction of sp³-hybridized carbons (Fsp3) is 0.273. The third-order valence-corrected chi connectivity index (χ3v) is 5.97. The number of nitrogens with zero attached hydrogens (tertiary/aromatic N) is 2. The molecule has 1 atom stereocenters. The van der Waals surface area contributed by atoms with Crippen molar-refractivity contribution in [2.75, 3.05) is 5.32 Å². The number of hydrogen-bond acceptors (Lipinski definition) is 5. The molecular weight excluding hydrogens is 370 g/mol. The number of benzene rings is 2. The van der Waals surface area contributed by atoms with Crippen molar-refractivity contribution in [3.63, 3.8) is 0 Å². The molecule has 0 radical (unpaired) electrons. The van der Waals surface area contributed by atoms with Crippen molar-refractivity contribution < 1.29 is 9.53 Å². The zero-order valence-corrected chi connectivity index (χ0v) is 16.4. The second-order valence-electron chi connectivity index (χ2n) is 7.25. The third kappa shape index (κ3) is 3.24. The highest BCUT2D eigenvalue weighted by Gasteiger charge is 2.41. The maximum absolute atomic E-state index is 13.1. The summed E-state index contributed by atoms with van der Waals surface area (Å²) in [6.07, 6.45) is 1.99. The van der Waals surface area contributed by atoms with Crippen LogP contribution in [0.3, 0.4) is 0 Å². The number of anilines is 1. The Hall–Kier alpha value is -2.86. The number of aromatic nitrogens is 1. The first-order valence-electron chi connectivity index (χ1n) is 9.51. The minimum atomic E-state index is -0.148. The topological polar surface area (TPSA) is 54.5 Å². The zero-order chi connectivity index (χ0) is 19.1. The molecule has 3 aromatic rings. The maximum Gasteiger partial charge on any atom is 0.258 e. The molecule has 2 aromatic carbocycles. The molecule has 1 saturated carbocycles. The van der Waals surface area contributed by atoms with Crippen LogP contribution in [0.1, 0.15) is 45.6 Å². The van der Waals surface area contributed by atoms with Crippen LogP contribution in [-0.4, -0.2) is 21.8 Å². The van der Waals surface area contributed by atoms with E-state index >= 15 is 0 Å². The molecule has 0 bridgehead atoms. The van der Waals surface area contributed by atoms with E-state index < -0.39 is 0 Å². The van der Waals surface area contributed by atoms with Crippen molar-refractivity contribution in [3.8, 4) is 5.75 Å². The standard InChI is InChI=1S/C22H21N3O2S/c1-14-23-16(13-28-14)12-27-18-10-6-15(7-11-18)21-24-20-5-3-2-4-19(20)22(26)25(21)17-8-9-17/h2-7,10-11,13,17,21,24H,8-9,12H2,1H3/t21-/m0/s1. The van der Waals surface area contributed by atoms with E-state index in [-0.39, 0.29) is 12.1 Å². The molecule has 28 heavy (non-hydrogen) atoms. The van der Waals surface area contributed by atoms with Gasteiger partial charge in [-0.1, -0.05) is 24.3 Å². The Bertz CT molecular complexity index is 1010. The van der Waals surface area contributed by atoms with Crippen molar-refractivity contribution in [2.24, 2.45) is 0 Å². The molecular formula is C22H21N3O2S. The Morgan fingerprint density at radius 1 is 1.18 bits per heavy atom. The quantitative estimate of drug-likeness (QED) is 0.681. The first kappa shape index (κ1) is 17.3. The number of nitrogens with one attached hydrogen (secondary N) is 1. The number of carbonyl (C=O) groups is 1. The number of amides is 1. The molecule has 1 aliphatic carbocycles. The summed E-state index contributed by atoms with van der Waals surface area (Å²) in [4.78, 5) is 19.5.